The number of aliphatic hydroxyl groups excluding tert-OH is 1. The highest BCUT2D eigenvalue weighted by atomic mass is 32.2. The highest BCUT2D eigenvalue weighted by Crippen LogP contribution is 2.69. The van der Waals surface area contributed by atoms with Crippen LogP contribution in [0.5, 0.6) is 0 Å². The Morgan fingerprint density at radius 1 is 1.11 bits per heavy atom. The maximum Gasteiger partial charge on any atom is 0.244 e. The number of amides is 3. The van der Waals surface area contributed by atoms with Crippen LogP contribution in [0, 0.1) is 17.8 Å². The van der Waals surface area contributed by atoms with Crippen molar-refractivity contribution >= 4 is 29.5 Å². The van der Waals surface area contributed by atoms with Gasteiger partial charge in [0.1, 0.15) is 6.04 Å². The molecule has 0 saturated carbocycles. The number of rotatable bonds is 11. The van der Waals surface area contributed by atoms with Crippen LogP contribution in [0.15, 0.2) is 30.3 Å². The van der Waals surface area contributed by atoms with Crippen LogP contribution in [-0.4, -0.2) is 63.5 Å². The van der Waals surface area contributed by atoms with E-state index in [-0.39, 0.29) is 35.5 Å². The van der Waals surface area contributed by atoms with Gasteiger partial charge in [0, 0.05) is 18.3 Å². The monoisotopic (exact) mass is 501 g/mol. The Hall–Kier alpha value is -2.06. The van der Waals surface area contributed by atoms with Gasteiger partial charge >= 0.3 is 0 Å². The number of aliphatic hydroxyl groups is 1. The molecule has 0 aromatic heterocycles. The minimum atomic E-state index is -0.729. The first-order valence-corrected chi connectivity index (χ1v) is 14.0. The molecule has 4 rings (SSSR count). The molecule has 1 aromatic rings. The number of likely N-dealkylation sites (tertiary alicyclic amines) is 1. The fraction of sp³-hybridized carbons (Fsp3) is 0.667. The normalized spacial score (nSPS) is 31.9. The molecule has 3 saturated heterocycles. The Morgan fingerprint density at radius 3 is 2.49 bits per heavy atom. The number of hydrogen-bond donors (Lipinski definition) is 3. The molecule has 3 aliphatic heterocycles. The third kappa shape index (κ3) is 4.37. The lowest BCUT2D eigenvalue weighted by atomic mass is 9.66. The molecule has 0 radical (unpaired) electrons. The SMILES string of the molecule is CCCCCNC(=O)C1N([C@H](CO)c2ccccc2)C(=O)[C@@H]2[C@H](C(=O)NCCC)[C@@H]3CC(C)C12S3. The van der Waals surface area contributed by atoms with E-state index in [0.717, 1.165) is 37.7 Å². The molecule has 2 bridgehead atoms. The Balaban J connectivity index is 1.74. The molecular weight excluding hydrogens is 462 g/mol. The quantitative estimate of drug-likeness (QED) is 0.405. The molecule has 1 spiro atoms. The van der Waals surface area contributed by atoms with E-state index in [9.17, 15) is 19.5 Å². The lowest BCUT2D eigenvalue weighted by Crippen LogP contribution is -2.57. The van der Waals surface area contributed by atoms with Gasteiger partial charge < -0.3 is 20.6 Å². The van der Waals surface area contributed by atoms with Crippen LogP contribution < -0.4 is 10.6 Å². The fourth-order valence-electron chi connectivity index (χ4n) is 6.47. The molecule has 3 heterocycles. The number of fused-ring (bicyclic) bond motifs is 1. The number of carbonyl (C=O) groups excluding carboxylic acids is 3. The number of unbranched alkanes of at least 4 members (excludes halogenated alkanes) is 2. The fourth-order valence-corrected chi connectivity index (χ4v) is 8.88. The number of carbonyl (C=O) groups is 3. The smallest absolute Gasteiger partial charge is 0.244 e. The zero-order chi connectivity index (χ0) is 25.2. The van der Waals surface area contributed by atoms with E-state index in [4.69, 9.17) is 0 Å². The van der Waals surface area contributed by atoms with Crippen molar-refractivity contribution < 1.29 is 19.5 Å². The van der Waals surface area contributed by atoms with Crippen molar-refractivity contribution in [3.05, 3.63) is 35.9 Å². The number of hydrogen-bond acceptors (Lipinski definition) is 5. The van der Waals surface area contributed by atoms with Crippen LogP contribution in [0.4, 0.5) is 0 Å². The topological polar surface area (TPSA) is 98.7 Å². The van der Waals surface area contributed by atoms with Crippen molar-refractivity contribution in [3.8, 4) is 0 Å². The molecule has 7 nitrogen and oxygen atoms in total. The molecule has 3 fully saturated rings. The maximum absolute atomic E-state index is 14.2. The van der Waals surface area contributed by atoms with E-state index < -0.39 is 28.7 Å². The van der Waals surface area contributed by atoms with Crippen molar-refractivity contribution in [1.82, 2.24) is 15.5 Å². The lowest BCUT2D eigenvalue weighted by Gasteiger charge is -2.40. The average Bonchev–Trinajstić information content (AvgIpc) is 3.45. The van der Waals surface area contributed by atoms with E-state index in [1.165, 1.54) is 0 Å². The molecule has 7 atom stereocenters. The minimum absolute atomic E-state index is 0.0256. The van der Waals surface area contributed by atoms with E-state index in [2.05, 4.69) is 24.5 Å². The molecule has 8 heteroatoms. The zero-order valence-corrected chi connectivity index (χ0v) is 21.9. The van der Waals surface area contributed by atoms with Crippen LogP contribution >= 0.6 is 11.8 Å². The van der Waals surface area contributed by atoms with E-state index in [1.807, 2.05) is 37.3 Å². The third-order valence-corrected chi connectivity index (χ3v) is 10.1. The van der Waals surface area contributed by atoms with Crippen LogP contribution in [0.3, 0.4) is 0 Å². The van der Waals surface area contributed by atoms with Gasteiger partial charge in [-0.25, -0.2) is 0 Å². The largest absolute Gasteiger partial charge is 0.394 e. The summed E-state index contributed by atoms with van der Waals surface area (Å²) in [7, 11) is 0. The predicted octanol–water partition coefficient (Wildman–Crippen LogP) is 2.89. The van der Waals surface area contributed by atoms with E-state index in [1.54, 1.807) is 16.7 Å². The average molecular weight is 502 g/mol. The van der Waals surface area contributed by atoms with Crippen LogP contribution in [0.2, 0.25) is 0 Å². The summed E-state index contributed by atoms with van der Waals surface area (Å²) < 4.78 is -0.674. The number of thioether (sulfide) groups is 1. The Morgan fingerprint density at radius 2 is 1.83 bits per heavy atom. The molecule has 3 amide bonds. The Kier molecular flexibility index (Phi) is 8.11. The van der Waals surface area contributed by atoms with Gasteiger partial charge in [-0.3, -0.25) is 14.4 Å². The summed E-state index contributed by atoms with van der Waals surface area (Å²) in [6.45, 7) is 7.09. The summed E-state index contributed by atoms with van der Waals surface area (Å²) in [6, 6.07) is 8.05. The minimum Gasteiger partial charge on any atom is -0.394 e. The number of nitrogens with zero attached hydrogens (tertiary/aromatic N) is 1. The molecule has 3 aliphatic rings. The van der Waals surface area contributed by atoms with Gasteiger partial charge in [-0.2, -0.15) is 0 Å². The molecular formula is C27H39N3O4S. The van der Waals surface area contributed by atoms with Gasteiger partial charge in [-0.15, -0.1) is 11.8 Å². The highest BCUT2D eigenvalue weighted by molar-refractivity contribution is 8.02. The zero-order valence-electron chi connectivity index (χ0n) is 21.0. The summed E-state index contributed by atoms with van der Waals surface area (Å²) in [4.78, 5) is 42.9. The van der Waals surface area contributed by atoms with Gasteiger partial charge in [0.2, 0.25) is 17.7 Å². The summed E-state index contributed by atoms with van der Waals surface area (Å²) >= 11 is 1.67. The standard InChI is InChI=1S/C27H39N3O4S/c1-4-6-10-14-29-25(33)23-27-17(3)15-20(35-27)21(24(32)28-13-5-2)22(27)26(34)30(23)19(16-31)18-11-8-7-9-12-18/h7-9,11-12,17,19-23,31H,4-6,10,13-16H2,1-3H3,(H,28,32)(H,29,33)/t17?,19-,20+,21-,22+,23?,27?/m1/s1. The first kappa shape index (κ1) is 26.0. The Labute approximate surface area is 212 Å². The second-order valence-corrected chi connectivity index (χ2v) is 11.7. The molecule has 3 N–H and O–H groups in total. The number of benzene rings is 1. The van der Waals surface area contributed by atoms with Crippen LogP contribution in [0.25, 0.3) is 0 Å². The lowest BCUT2D eigenvalue weighted by molar-refractivity contribution is -0.143. The molecule has 0 aliphatic carbocycles. The second-order valence-electron chi connectivity index (χ2n) is 10.2. The maximum atomic E-state index is 14.2. The highest BCUT2D eigenvalue weighted by Gasteiger charge is 2.76. The molecule has 192 valence electrons. The summed E-state index contributed by atoms with van der Waals surface area (Å²) in [5, 5.41) is 16.6. The van der Waals surface area contributed by atoms with Crippen molar-refractivity contribution in [2.75, 3.05) is 19.7 Å². The molecule has 35 heavy (non-hydrogen) atoms. The first-order valence-electron chi connectivity index (χ1n) is 13.1. The second kappa shape index (κ2) is 10.9. The number of nitrogens with one attached hydrogen (secondary N) is 2. The van der Waals surface area contributed by atoms with Gasteiger partial charge in [0.05, 0.1) is 29.2 Å². The van der Waals surface area contributed by atoms with E-state index >= 15 is 0 Å². The van der Waals surface area contributed by atoms with Crippen LogP contribution in [0.1, 0.15) is 64.5 Å². The van der Waals surface area contributed by atoms with Crippen molar-refractivity contribution in [1.29, 1.82) is 0 Å². The van der Waals surface area contributed by atoms with Gasteiger partial charge in [-0.05, 0) is 30.7 Å². The summed E-state index contributed by atoms with van der Waals surface area (Å²) in [6.07, 6.45) is 4.60. The van der Waals surface area contributed by atoms with Gasteiger partial charge in [-0.1, -0.05) is 63.9 Å². The van der Waals surface area contributed by atoms with Crippen molar-refractivity contribution in [2.45, 2.75) is 75.0 Å². The summed E-state index contributed by atoms with van der Waals surface area (Å²) in [5.41, 5.74) is 0.794. The summed E-state index contributed by atoms with van der Waals surface area (Å²) in [5.74, 6) is -1.34. The van der Waals surface area contributed by atoms with E-state index in [0.29, 0.717) is 13.1 Å². The first-order chi connectivity index (χ1) is 16.9. The molecule has 1 aromatic carbocycles. The van der Waals surface area contributed by atoms with Crippen molar-refractivity contribution in [2.24, 2.45) is 17.8 Å². The van der Waals surface area contributed by atoms with Gasteiger partial charge in [0.15, 0.2) is 0 Å². The van der Waals surface area contributed by atoms with Gasteiger partial charge in [0.25, 0.3) is 0 Å². The molecule has 3 unspecified atom stereocenters. The third-order valence-electron chi connectivity index (χ3n) is 8.06. The van der Waals surface area contributed by atoms with Crippen LogP contribution in [-0.2, 0) is 14.4 Å². The predicted molar refractivity (Wildman–Crippen MR) is 138 cm³/mol. The van der Waals surface area contributed by atoms with Crippen molar-refractivity contribution in [3.63, 3.8) is 0 Å². The Bertz CT molecular complexity index is 928.